The van der Waals surface area contributed by atoms with E-state index in [9.17, 15) is 15.0 Å². The monoisotopic (exact) mass is 379 g/mol. The molecule has 3 rings (SSSR count). The molecule has 10 nitrogen and oxygen atoms in total. The minimum atomic E-state index is -1.32. The Morgan fingerprint density at radius 2 is 1.75 bits per heavy atom. The van der Waals surface area contributed by atoms with E-state index in [0.717, 1.165) is 6.21 Å². The second-order valence-corrected chi connectivity index (χ2v) is 5.24. The molecule has 140 valence electrons. The molecular weight excluding hydrogens is 366 g/mol. The summed E-state index contributed by atoms with van der Waals surface area (Å²) in [5.41, 5.74) is 0.232. The second-order valence-electron chi connectivity index (χ2n) is 5.24. The molecule has 2 aromatic carbocycles. The Bertz CT molecular complexity index is 979. The van der Waals surface area contributed by atoms with Gasteiger partial charge in [-0.2, -0.15) is 0 Å². The maximum absolute atomic E-state index is 11.0. The molecule has 0 amide bonds. The molecule has 1 unspecified atom stereocenters. The Kier molecular flexibility index (Phi) is 5.93. The summed E-state index contributed by atoms with van der Waals surface area (Å²) >= 11 is 0. The highest BCUT2D eigenvalue weighted by Crippen LogP contribution is 2.27. The van der Waals surface area contributed by atoms with Crippen LogP contribution in [-0.2, 0) is 0 Å². The maximum atomic E-state index is 11.0. The topological polar surface area (TPSA) is 129 Å². The first kappa shape index (κ1) is 18.6. The van der Waals surface area contributed by atoms with E-state index in [0.29, 0.717) is 11.4 Å². The number of hydrogen-bond donors (Lipinski definition) is 0. The molecule has 1 atom stereocenters. The summed E-state index contributed by atoms with van der Waals surface area (Å²) in [4.78, 5) is 33.4. The summed E-state index contributed by atoms with van der Waals surface area (Å²) in [6.45, 7) is 0. The number of nitrogens with zero attached hydrogens (tertiary/aromatic N) is 5. The fourth-order valence-electron chi connectivity index (χ4n) is 2.11. The van der Waals surface area contributed by atoms with E-state index in [2.05, 4.69) is 20.1 Å². The van der Waals surface area contributed by atoms with Crippen LogP contribution in [0.2, 0.25) is 0 Å². The molecule has 3 aromatic rings. The third kappa shape index (κ3) is 4.91. The molecule has 0 fully saturated rings. The van der Waals surface area contributed by atoms with Crippen molar-refractivity contribution in [2.75, 3.05) is 0 Å². The highest BCUT2D eigenvalue weighted by molar-refractivity contribution is 5.68. The SMILES string of the molecule is O=NC(C=Nc1ccc(Oc2ncccn2)cc1)Oc1ccccc1[N+](=O)[O-]. The zero-order chi connectivity index (χ0) is 19.8. The molecule has 0 saturated heterocycles. The zero-order valence-electron chi connectivity index (χ0n) is 14.3. The molecule has 0 radical (unpaired) electrons. The summed E-state index contributed by atoms with van der Waals surface area (Å²) < 4.78 is 10.7. The van der Waals surface area contributed by atoms with Gasteiger partial charge < -0.3 is 9.47 Å². The normalized spacial score (nSPS) is 11.7. The van der Waals surface area contributed by atoms with Crippen molar-refractivity contribution in [3.63, 3.8) is 0 Å². The number of aromatic nitrogens is 2. The van der Waals surface area contributed by atoms with Crippen molar-refractivity contribution in [2.45, 2.75) is 6.23 Å². The van der Waals surface area contributed by atoms with Gasteiger partial charge in [0.15, 0.2) is 5.75 Å². The average Bonchev–Trinajstić information content (AvgIpc) is 2.73. The summed E-state index contributed by atoms with van der Waals surface area (Å²) in [6, 6.07) is 14.2. The third-order valence-corrected chi connectivity index (χ3v) is 3.35. The van der Waals surface area contributed by atoms with E-state index in [1.54, 1.807) is 48.8 Å². The Balaban J connectivity index is 1.66. The smallest absolute Gasteiger partial charge is 0.321 e. The van der Waals surface area contributed by atoms with Crippen molar-refractivity contribution in [1.82, 2.24) is 9.97 Å². The van der Waals surface area contributed by atoms with Crippen LogP contribution in [0, 0.1) is 15.0 Å². The highest BCUT2D eigenvalue weighted by Gasteiger charge is 2.17. The average molecular weight is 379 g/mol. The maximum Gasteiger partial charge on any atom is 0.321 e. The number of rotatable bonds is 8. The summed E-state index contributed by atoms with van der Waals surface area (Å²) in [6.07, 6.45) is 2.95. The minimum absolute atomic E-state index is 0.0739. The zero-order valence-corrected chi connectivity index (χ0v) is 14.3. The third-order valence-electron chi connectivity index (χ3n) is 3.35. The van der Waals surface area contributed by atoms with Crippen LogP contribution in [0.1, 0.15) is 0 Å². The molecule has 1 aromatic heterocycles. The molecule has 0 aliphatic heterocycles. The van der Waals surface area contributed by atoms with Gasteiger partial charge >= 0.3 is 11.7 Å². The number of hydrogen-bond acceptors (Lipinski definition) is 9. The van der Waals surface area contributed by atoms with Gasteiger partial charge in [-0.05, 0) is 41.6 Å². The van der Waals surface area contributed by atoms with Crippen LogP contribution in [-0.4, -0.2) is 27.3 Å². The van der Waals surface area contributed by atoms with E-state index in [4.69, 9.17) is 9.47 Å². The van der Waals surface area contributed by atoms with Crippen molar-refractivity contribution >= 4 is 17.6 Å². The minimum Gasteiger partial charge on any atom is -0.453 e. The van der Waals surface area contributed by atoms with Crippen molar-refractivity contribution in [3.05, 3.63) is 82.0 Å². The molecular formula is C18H13N5O5. The van der Waals surface area contributed by atoms with Gasteiger partial charge in [0, 0.05) is 18.5 Å². The van der Waals surface area contributed by atoms with Crippen molar-refractivity contribution in [3.8, 4) is 17.5 Å². The van der Waals surface area contributed by atoms with Crippen LogP contribution in [0.15, 0.2) is 77.2 Å². The van der Waals surface area contributed by atoms with E-state index in [1.807, 2.05) is 0 Å². The quantitative estimate of drug-likeness (QED) is 0.250. The highest BCUT2D eigenvalue weighted by atomic mass is 16.6. The first-order valence-electron chi connectivity index (χ1n) is 7.97. The summed E-state index contributed by atoms with van der Waals surface area (Å²) in [5.74, 6) is 0.432. The van der Waals surface area contributed by atoms with Gasteiger partial charge in [-0.15, -0.1) is 4.91 Å². The number of ether oxygens (including phenoxy) is 2. The van der Waals surface area contributed by atoms with E-state index in [-0.39, 0.29) is 17.4 Å². The van der Waals surface area contributed by atoms with Gasteiger partial charge in [-0.1, -0.05) is 12.1 Å². The van der Waals surface area contributed by atoms with Gasteiger partial charge in [-0.25, -0.2) is 9.97 Å². The Morgan fingerprint density at radius 3 is 2.43 bits per heavy atom. The Labute approximate surface area is 158 Å². The first-order chi connectivity index (χ1) is 13.7. The number of nitro groups is 1. The molecule has 0 saturated carbocycles. The number of para-hydroxylation sites is 2. The fraction of sp³-hybridized carbons (Fsp3) is 0.0556. The van der Waals surface area contributed by atoms with Crippen LogP contribution >= 0.6 is 0 Å². The van der Waals surface area contributed by atoms with Crippen molar-refractivity contribution in [1.29, 1.82) is 0 Å². The van der Waals surface area contributed by atoms with Crippen molar-refractivity contribution < 1.29 is 14.4 Å². The first-order valence-corrected chi connectivity index (χ1v) is 7.97. The lowest BCUT2D eigenvalue weighted by Crippen LogP contribution is -2.15. The van der Waals surface area contributed by atoms with Gasteiger partial charge in [0.25, 0.3) is 6.23 Å². The molecule has 28 heavy (non-hydrogen) atoms. The molecule has 1 heterocycles. The van der Waals surface area contributed by atoms with Crippen LogP contribution in [0.3, 0.4) is 0 Å². The summed E-state index contributed by atoms with van der Waals surface area (Å²) in [7, 11) is 0. The van der Waals surface area contributed by atoms with Gasteiger partial charge in [0.2, 0.25) is 0 Å². The van der Waals surface area contributed by atoms with Crippen molar-refractivity contribution in [2.24, 2.45) is 10.2 Å². The van der Waals surface area contributed by atoms with Gasteiger partial charge in [0.05, 0.1) is 16.8 Å². The van der Waals surface area contributed by atoms with Crippen LogP contribution in [0.25, 0.3) is 0 Å². The number of aliphatic imine (C=N–C) groups is 1. The van der Waals surface area contributed by atoms with Gasteiger partial charge in [-0.3, -0.25) is 15.1 Å². The Hall–Kier alpha value is -4.21. The van der Waals surface area contributed by atoms with Crippen LogP contribution in [0.4, 0.5) is 11.4 Å². The van der Waals surface area contributed by atoms with Crippen LogP contribution < -0.4 is 9.47 Å². The number of nitroso groups, excluding NO2 is 1. The lowest BCUT2D eigenvalue weighted by molar-refractivity contribution is -0.386. The number of benzene rings is 2. The predicted molar refractivity (Wildman–Crippen MR) is 100 cm³/mol. The molecule has 0 aliphatic rings. The predicted octanol–water partition coefficient (Wildman–Crippen LogP) is 4.05. The molecule has 0 bridgehead atoms. The van der Waals surface area contributed by atoms with E-state index in [1.165, 1.54) is 18.2 Å². The molecule has 0 spiro atoms. The van der Waals surface area contributed by atoms with Crippen LogP contribution in [0.5, 0.6) is 17.5 Å². The molecule has 10 heteroatoms. The van der Waals surface area contributed by atoms with Gasteiger partial charge in [0.1, 0.15) is 5.75 Å². The van der Waals surface area contributed by atoms with E-state index >= 15 is 0 Å². The second kappa shape index (κ2) is 8.94. The molecule has 0 aliphatic carbocycles. The fourth-order valence-corrected chi connectivity index (χ4v) is 2.11. The number of nitro benzene ring substituents is 1. The lowest BCUT2D eigenvalue weighted by Gasteiger charge is -2.08. The largest absolute Gasteiger partial charge is 0.453 e. The lowest BCUT2D eigenvalue weighted by atomic mass is 10.3. The standard InChI is InChI=1S/C18H13N5O5/c24-22-17(28-16-5-2-1-4-15(16)23(25)26)12-21-13-6-8-14(9-7-13)27-18-19-10-3-11-20-18/h1-12,17H. The van der Waals surface area contributed by atoms with E-state index < -0.39 is 11.2 Å². The summed E-state index contributed by atoms with van der Waals surface area (Å²) in [5, 5.41) is 13.8. The molecule has 0 N–H and O–H groups in total. The Morgan fingerprint density at radius 1 is 1.04 bits per heavy atom.